The second-order valence-corrected chi connectivity index (χ2v) is 3.34. The molecule has 0 heterocycles. The van der Waals surface area contributed by atoms with E-state index in [0.29, 0.717) is 0 Å². The molecule has 2 rings (SSSR count). The standard InChI is InChI=1S/C10H13NO/c12-11-10-6-5-8-3-1-2-4-9(8)7-10/h1-4,10-12H,5-7H2/t10-/m1/s1. The van der Waals surface area contributed by atoms with Crippen LogP contribution in [0.2, 0.25) is 0 Å². The molecule has 1 aromatic carbocycles. The fourth-order valence-corrected chi connectivity index (χ4v) is 1.81. The summed E-state index contributed by atoms with van der Waals surface area (Å²) in [6.07, 6.45) is 3.06. The normalized spacial score (nSPS) is 21.9. The Balaban J connectivity index is 2.23. The van der Waals surface area contributed by atoms with Gasteiger partial charge in [0.1, 0.15) is 0 Å². The lowest BCUT2D eigenvalue weighted by Gasteiger charge is -2.22. The van der Waals surface area contributed by atoms with Gasteiger partial charge in [-0.25, -0.2) is 5.48 Å². The highest BCUT2D eigenvalue weighted by atomic mass is 16.5. The maximum absolute atomic E-state index is 8.77. The Morgan fingerprint density at radius 2 is 2.00 bits per heavy atom. The van der Waals surface area contributed by atoms with Crippen LogP contribution in [-0.2, 0) is 12.8 Å². The maximum atomic E-state index is 8.77. The van der Waals surface area contributed by atoms with Gasteiger partial charge in [-0.15, -0.1) is 0 Å². The van der Waals surface area contributed by atoms with Gasteiger partial charge in [0.15, 0.2) is 0 Å². The number of nitrogens with one attached hydrogen (secondary N) is 1. The van der Waals surface area contributed by atoms with Crippen LogP contribution in [0.4, 0.5) is 0 Å². The zero-order valence-electron chi connectivity index (χ0n) is 6.96. The van der Waals surface area contributed by atoms with Gasteiger partial charge in [-0.3, -0.25) is 0 Å². The number of rotatable bonds is 1. The Bertz CT molecular complexity index is 272. The molecule has 64 valence electrons. The first-order valence-corrected chi connectivity index (χ1v) is 4.36. The summed E-state index contributed by atoms with van der Waals surface area (Å²) in [7, 11) is 0. The predicted octanol–water partition coefficient (Wildman–Crippen LogP) is 1.52. The van der Waals surface area contributed by atoms with E-state index in [1.54, 1.807) is 0 Å². The maximum Gasteiger partial charge on any atom is 0.0363 e. The first-order chi connectivity index (χ1) is 5.90. The van der Waals surface area contributed by atoms with Crippen LogP contribution in [0.25, 0.3) is 0 Å². The van der Waals surface area contributed by atoms with E-state index >= 15 is 0 Å². The van der Waals surface area contributed by atoms with Crippen molar-refractivity contribution in [3.63, 3.8) is 0 Å². The van der Waals surface area contributed by atoms with Gasteiger partial charge in [0.25, 0.3) is 0 Å². The topological polar surface area (TPSA) is 32.3 Å². The van der Waals surface area contributed by atoms with E-state index in [-0.39, 0.29) is 6.04 Å². The summed E-state index contributed by atoms with van der Waals surface area (Å²) in [5.74, 6) is 0. The molecular formula is C10H13NO. The van der Waals surface area contributed by atoms with Crippen LogP contribution < -0.4 is 5.48 Å². The third-order valence-corrected chi connectivity index (χ3v) is 2.53. The van der Waals surface area contributed by atoms with E-state index in [9.17, 15) is 0 Å². The number of hydrogen-bond donors (Lipinski definition) is 2. The third-order valence-electron chi connectivity index (χ3n) is 2.53. The molecule has 0 bridgehead atoms. The predicted molar refractivity (Wildman–Crippen MR) is 47.2 cm³/mol. The molecular weight excluding hydrogens is 150 g/mol. The molecule has 0 saturated heterocycles. The summed E-state index contributed by atoms with van der Waals surface area (Å²) >= 11 is 0. The molecule has 1 aliphatic rings. The van der Waals surface area contributed by atoms with Crippen molar-refractivity contribution < 1.29 is 5.21 Å². The Hall–Kier alpha value is -0.860. The zero-order valence-corrected chi connectivity index (χ0v) is 6.96. The van der Waals surface area contributed by atoms with Crippen molar-refractivity contribution in [2.75, 3.05) is 0 Å². The summed E-state index contributed by atoms with van der Waals surface area (Å²) in [4.78, 5) is 0. The first-order valence-electron chi connectivity index (χ1n) is 4.36. The van der Waals surface area contributed by atoms with E-state index in [0.717, 1.165) is 19.3 Å². The second-order valence-electron chi connectivity index (χ2n) is 3.34. The van der Waals surface area contributed by atoms with Crippen molar-refractivity contribution >= 4 is 0 Å². The van der Waals surface area contributed by atoms with Crippen LogP contribution in [0, 0.1) is 0 Å². The zero-order chi connectivity index (χ0) is 8.39. The lowest BCUT2D eigenvalue weighted by molar-refractivity contribution is 0.119. The van der Waals surface area contributed by atoms with Crippen LogP contribution in [0.3, 0.4) is 0 Å². The van der Waals surface area contributed by atoms with Crippen molar-refractivity contribution in [2.24, 2.45) is 0 Å². The highest BCUT2D eigenvalue weighted by Crippen LogP contribution is 2.20. The van der Waals surface area contributed by atoms with Crippen molar-refractivity contribution in [2.45, 2.75) is 25.3 Å². The average Bonchev–Trinajstić information content (AvgIpc) is 2.17. The van der Waals surface area contributed by atoms with Gasteiger partial charge in [-0.2, -0.15) is 0 Å². The molecule has 2 N–H and O–H groups in total. The number of hydrogen-bond acceptors (Lipinski definition) is 2. The Kier molecular flexibility index (Phi) is 2.11. The Morgan fingerprint density at radius 3 is 2.75 bits per heavy atom. The molecule has 0 saturated carbocycles. The number of hydroxylamine groups is 1. The summed E-state index contributed by atoms with van der Waals surface area (Å²) in [6.45, 7) is 0. The fourth-order valence-electron chi connectivity index (χ4n) is 1.81. The van der Waals surface area contributed by atoms with E-state index in [1.165, 1.54) is 11.1 Å². The molecule has 2 heteroatoms. The van der Waals surface area contributed by atoms with Crippen molar-refractivity contribution in [1.82, 2.24) is 5.48 Å². The molecule has 0 radical (unpaired) electrons. The van der Waals surface area contributed by atoms with E-state index in [4.69, 9.17) is 5.21 Å². The molecule has 0 amide bonds. The Morgan fingerprint density at radius 1 is 1.25 bits per heavy atom. The van der Waals surface area contributed by atoms with E-state index < -0.39 is 0 Å². The van der Waals surface area contributed by atoms with Crippen molar-refractivity contribution in [3.8, 4) is 0 Å². The molecule has 0 fully saturated rings. The van der Waals surface area contributed by atoms with Gasteiger partial charge in [0, 0.05) is 6.04 Å². The summed E-state index contributed by atoms with van der Waals surface area (Å²) in [5.41, 5.74) is 5.15. The molecule has 2 nitrogen and oxygen atoms in total. The number of aryl methyl sites for hydroxylation is 1. The molecule has 1 atom stereocenters. The molecule has 0 aromatic heterocycles. The van der Waals surface area contributed by atoms with Crippen LogP contribution in [0.5, 0.6) is 0 Å². The smallest absolute Gasteiger partial charge is 0.0363 e. The summed E-state index contributed by atoms with van der Waals surface area (Å²) in [5, 5.41) is 8.77. The van der Waals surface area contributed by atoms with Crippen LogP contribution in [0.15, 0.2) is 24.3 Å². The Labute approximate surface area is 72.2 Å². The van der Waals surface area contributed by atoms with Crippen molar-refractivity contribution in [3.05, 3.63) is 35.4 Å². The molecule has 0 aliphatic heterocycles. The average molecular weight is 163 g/mol. The molecule has 0 unspecified atom stereocenters. The minimum Gasteiger partial charge on any atom is -0.317 e. The third kappa shape index (κ3) is 1.36. The number of benzene rings is 1. The molecule has 1 aliphatic carbocycles. The lowest BCUT2D eigenvalue weighted by atomic mass is 9.89. The summed E-state index contributed by atoms with van der Waals surface area (Å²) in [6, 6.07) is 8.69. The van der Waals surface area contributed by atoms with Crippen LogP contribution >= 0.6 is 0 Å². The monoisotopic (exact) mass is 163 g/mol. The van der Waals surface area contributed by atoms with Gasteiger partial charge in [0.05, 0.1) is 0 Å². The van der Waals surface area contributed by atoms with Gasteiger partial charge in [-0.1, -0.05) is 24.3 Å². The van der Waals surface area contributed by atoms with Crippen molar-refractivity contribution in [1.29, 1.82) is 0 Å². The fraction of sp³-hybridized carbons (Fsp3) is 0.400. The quantitative estimate of drug-likeness (QED) is 0.615. The minimum absolute atomic E-state index is 0.250. The van der Waals surface area contributed by atoms with Gasteiger partial charge in [0.2, 0.25) is 0 Å². The van der Waals surface area contributed by atoms with Crippen LogP contribution in [-0.4, -0.2) is 11.2 Å². The molecule has 1 aromatic rings. The first kappa shape index (κ1) is 7.77. The lowest BCUT2D eigenvalue weighted by Crippen LogP contribution is -2.31. The number of fused-ring (bicyclic) bond motifs is 1. The highest BCUT2D eigenvalue weighted by Gasteiger charge is 2.16. The summed E-state index contributed by atoms with van der Waals surface area (Å²) < 4.78 is 0. The molecule has 12 heavy (non-hydrogen) atoms. The SMILES string of the molecule is ON[C@@H]1CCc2ccccc2C1. The van der Waals surface area contributed by atoms with Crippen LogP contribution in [0.1, 0.15) is 17.5 Å². The van der Waals surface area contributed by atoms with Gasteiger partial charge >= 0.3 is 0 Å². The van der Waals surface area contributed by atoms with E-state index in [2.05, 4.69) is 29.7 Å². The minimum atomic E-state index is 0.250. The van der Waals surface area contributed by atoms with Gasteiger partial charge < -0.3 is 5.21 Å². The highest BCUT2D eigenvalue weighted by molar-refractivity contribution is 5.30. The second kappa shape index (κ2) is 3.25. The molecule has 0 spiro atoms. The largest absolute Gasteiger partial charge is 0.317 e. The van der Waals surface area contributed by atoms with E-state index in [1.807, 2.05) is 0 Å². The van der Waals surface area contributed by atoms with Gasteiger partial charge in [-0.05, 0) is 30.4 Å².